The zero-order valence-corrected chi connectivity index (χ0v) is 11.8. The maximum atomic E-state index is 10.1. The van der Waals surface area contributed by atoms with Gasteiger partial charge in [-0.2, -0.15) is 0 Å². The van der Waals surface area contributed by atoms with Crippen molar-refractivity contribution in [3.05, 3.63) is 0 Å². The zero-order valence-electron chi connectivity index (χ0n) is 11.8. The van der Waals surface area contributed by atoms with Crippen LogP contribution in [0.4, 0.5) is 0 Å². The maximum Gasteiger partial charge on any atom is 0.173 e. The molecule has 9 nitrogen and oxygen atoms in total. The molecule has 1 saturated heterocycles. The molecule has 21 heavy (non-hydrogen) atoms. The summed E-state index contributed by atoms with van der Waals surface area (Å²) in [6.07, 6.45) is -4.47. The lowest BCUT2D eigenvalue weighted by atomic mass is 9.82. The Bertz CT molecular complexity index is 334. The Morgan fingerprint density at radius 1 is 0.952 bits per heavy atom. The predicted molar refractivity (Wildman–Crippen MR) is 73.8 cm³/mol. The van der Waals surface area contributed by atoms with Gasteiger partial charge in [-0.1, -0.05) is 0 Å². The van der Waals surface area contributed by atoms with Crippen LogP contribution in [0, 0.1) is 0 Å². The molecule has 11 N–H and O–H groups in total. The van der Waals surface area contributed by atoms with Gasteiger partial charge in [-0.05, 0) is 12.8 Å². The molecule has 1 aliphatic carbocycles. The van der Waals surface area contributed by atoms with Gasteiger partial charge in [0.2, 0.25) is 0 Å². The molecule has 1 aliphatic heterocycles. The van der Waals surface area contributed by atoms with Crippen LogP contribution >= 0.6 is 0 Å². The maximum absolute atomic E-state index is 10.1. The minimum absolute atomic E-state index is 0.177. The van der Waals surface area contributed by atoms with Gasteiger partial charge in [0, 0.05) is 6.54 Å². The van der Waals surface area contributed by atoms with Crippen LogP contribution < -0.4 is 22.9 Å². The van der Waals surface area contributed by atoms with E-state index in [0.29, 0.717) is 13.0 Å². The van der Waals surface area contributed by atoms with E-state index in [1.54, 1.807) is 0 Å². The predicted octanol–water partition coefficient (Wildman–Crippen LogP) is -4.09. The summed E-state index contributed by atoms with van der Waals surface area (Å²) >= 11 is 0. The number of aliphatic hydroxyl groups excluding tert-OH is 3. The summed E-state index contributed by atoms with van der Waals surface area (Å²) in [4.78, 5) is 0. The fraction of sp³-hybridized carbons (Fsp3) is 1.00. The van der Waals surface area contributed by atoms with Crippen LogP contribution in [0.1, 0.15) is 12.8 Å². The Kier molecular flexibility index (Phi) is 5.52. The van der Waals surface area contributed by atoms with Crippen molar-refractivity contribution in [2.24, 2.45) is 22.9 Å². The van der Waals surface area contributed by atoms with Gasteiger partial charge >= 0.3 is 0 Å². The number of hydrogen-bond acceptors (Lipinski definition) is 9. The molecule has 0 aromatic heterocycles. The summed E-state index contributed by atoms with van der Waals surface area (Å²) in [5.74, 6) is 0. The highest BCUT2D eigenvalue weighted by molar-refractivity contribution is 5.03. The summed E-state index contributed by atoms with van der Waals surface area (Å²) in [5.41, 5.74) is 23.0. The topological polar surface area (TPSA) is 183 Å². The molecule has 124 valence electrons. The van der Waals surface area contributed by atoms with Crippen molar-refractivity contribution < 1.29 is 24.8 Å². The molecule has 0 aromatic carbocycles. The highest BCUT2D eigenvalue weighted by atomic mass is 16.7. The smallest absolute Gasteiger partial charge is 0.173 e. The molecule has 0 aromatic rings. The van der Waals surface area contributed by atoms with E-state index >= 15 is 0 Å². The molecule has 0 spiro atoms. The third-order valence-electron chi connectivity index (χ3n) is 4.30. The van der Waals surface area contributed by atoms with Crippen molar-refractivity contribution in [1.82, 2.24) is 0 Å². The lowest BCUT2D eigenvalue weighted by Gasteiger charge is -2.45. The lowest BCUT2D eigenvalue weighted by molar-refractivity contribution is -0.260. The van der Waals surface area contributed by atoms with Crippen molar-refractivity contribution in [3.63, 3.8) is 0 Å². The number of ether oxygens (including phenoxy) is 2. The van der Waals surface area contributed by atoms with Crippen LogP contribution in [0.5, 0.6) is 0 Å². The van der Waals surface area contributed by atoms with Gasteiger partial charge in [-0.3, -0.25) is 0 Å². The van der Waals surface area contributed by atoms with Gasteiger partial charge < -0.3 is 47.7 Å². The molecule has 4 unspecified atom stereocenters. The average molecular weight is 306 g/mol. The van der Waals surface area contributed by atoms with Crippen LogP contribution in [0.2, 0.25) is 0 Å². The highest BCUT2D eigenvalue weighted by Crippen LogP contribution is 2.26. The summed E-state index contributed by atoms with van der Waals surface area (Å²) < 4.78 is 11.2. The van der Waals surface area contributed by atoms with Gasteiger partial charge in [0.25, 0.3) is 0 Å². The van der Waals surface area contributed by atoms with E-state index in [4.69, 9.17) is 32.4 Å². The van der Waals surface area contributed by atoms with E-state index in [2.05, 4.69) is 0 Å². The van der Waals surface area contributed by atoms with E-state index in [1.165, 1.54) is 0 Å². The number of nitrogens with two attached hydrogens (primary N) is 4. The molecule has 9 atom stereocenters. The Morgan fingerprint density at radius 3 is 2.24 bits per heavy atom. The van der Waals surface area contributed by atoms with E-state index in [-0.39, 0.29) is 6.10 Å². The molecular weight excluding hydrogens is 280 g/mol. The first-order valence-corrected chi connectivity index (χ1v) is 7.18. The van der Waals surface area contributed by atoms with Crippen molar-refractivity contribution in [2.75, 3.05) is 6.54 Å². The van der Waals surface area contributed by atoms with E-state index in [0.717, 1.165) is 6.42 Å². The molecule has 1 heterocycles. The second-order valence-corrected chi connectivity index (χ2v) is 5.83. The Balaban J connectivity index is 2.06. The number of aliphatic hydroxyl groups is 3. The minimum atomic E-state index is -1.34. The molecule has 0 bridgehead atoms. The summed E-state index contributed by atoms with van der Waals surface area (Å²) in [6, 6.07) is -2.38. The summed E-state index contributed by atoms with van der Waals surface area (Å²) in [5, 5.41) is 29.8. The zero-order chi connectivity index (χ0) is 15.7. The normalized spacial score (nSPS) is 51.9. The second kappa shape index (κ2) is 6.82. The van der Waals surface area contributed by atoms with Gasteiger partial charge in [0.05, 0.1) is 30.3 Å². The molecule has 2 aliphatic rings. The van der Waals surface area contributed by atoms with Crippen molar-refractivity contribution >= 4 is 0 Å². The molecule has 9 heteroatoms. The lowest BCUT2D eigenvalue weighted by Crippen LogP contribution is -2.70. The quantitative estimate of drug-likeness (QED) is 0.272. The standard InChI is InChI=1S/C12H26N4O5/c13-3-4-1-2-5(14)12(20-4)21-11-7(16)8(17)6(15)9(18)10(11)19/h4-12,17-19H,1-3,13-16H2/t4-,5?,6+,7-,8?,9-,10?,11?,12+/m0/s1. The summed E-state index contributed by atoms with van der Waals surface area (Å²) in [7, 11) is 0. The highest BCUT2D eigenvalue weighted by Gasteiger charge is 2.48. The first kappa shape index (κ1) is 17.0. The van der Waals surface area contributed by atoms with Gasteiger partial charge in [0.1, 0.15) is 18.3 Å². The van der Waals surface area contributed by atoms with Crippen LogP contribution in [-0.2, 0) is 9.47 Å². The third kappa shape index (κ3) is 3.36. The number of hydrogen-bond donors (Lipinski definition) is 7. The van der Waals surface area contributed by atoms with E-state index in [9.17, 15) is 15.3 Å². The SMILES string of the molecule is NC[C@@H]1CCC(N)[C@@H](OC2C(O)[C@@H](O)[C@H](N)C(O)[C@@H]2N)O1. The molecule has 2 rings (SSSR count). The largest absolute Gasteiger partial charge is 0.390 e. The second-order valence-electron chi connectivity index (χ2n) is 5.83. The van der Waals surface area contributed by atoms with Crippen molar-refractivity contribution in [3.8, 4) is 0 Å². The van der Waals surface area contributed by atoms with Crippen molar-refractivity contribution in [2.45, 2.75) is 67.8 Å². The fourth-order valence-electron chi connectivity index (χ4n) is 2.81. The van der Waals surface area contributed by atoms with E-state index in [1.807, 2.05) is 0 Å². The Morgan fingerprint density at radius 2 is 1.62 bits per heavy atom. The van der Waals surface area contributed by atoms with E-state index < -0.39 is 48.8 Å². The number of rotatable bonds is 3. The Labute approximate surface area is 123 Å². The summed E-state index contributed by atoms with van der Waals surface area (Å²) in [6.45, 7) is 0.335. The van der Waals surface area contributed by atoms with Gasteiger partial charge in [0.15, 0.2) is 6.29 Å². The molecule has 0 amide bonds. The average Bonchev–Trinajstić information content (AvgIpc) is 2.49. The van der Waals surface area contributed by atoms with Crippen LogP contribution in [0.3, 0.4) is 0 Å². The monoisotopic (exact) mass is 306 g/mol. The van der Waals surface area contributed by atoms with Gasteiger partial charge in [-0.25, -0.2) is 0 Å². The Hall–Kier alpha value is -0.360. The molecule has 2 fully saturated rings. The first-order chi connectivity index (χ1) is 9.86. The fourth-order valence-corrected chi connectivity index (χ4v) is 2.81. The van der Waals surface area contributed by atoms with Crippen LogP contribution in [-0.4, -0.2) is 76.8 Å². The molecule has 1 saturated carbocycles. The molecule has 0 radical (unpaired) electrons. The van der Waals surface area contributed by atoms with Crippen LogP contribution in [0.25, 0.3) is 0 Å². The molecular formula is C12H26N4O5. The van der Waals surface area contributed by atoms with Gasteiger partial charge in [-0.15, -0.1) is 0 Å². The third-order valence-corrected chi connectivity index (χ3v) is 4.30. The van der Waals surface area contributed by atoms with Crippen LogP contribution in [0.15, 0.2) is 0 Å². The van der Waals surface area contributed by atoms with Crippen molar-refractivity contribution in [1.29, 1.82) is 0 Å². The minimum Gasteiger partial charge on any atom is -0.390 e. The first-order valence-electron chi connectivity index (χ1n) is 7.18.